The van der Waals surface area contributed by atoms with Crippen molar-refractivity contribution < 1.29 is 4.79 Å². The van der Waals surface area contributed by atoms with Crippen LogP contribution in [0.5, 0.6) is 0 Å². The summed E-state index contributed by atoms with van der Waals surface area (Å²) in [5.41, 5.74) is 2.00. The van der Waals surface area contributed by atoms with E-state index in [9.17, 15) is 9.59 Å². The SMILES string of the molecule is Cc1ccc(CNC(=O)CCc2c(C)[nH]c(=O)c(C#N)c2C)s1. The van der Waals surface area contributed by atoms with Crippen LogP contribution in [0.25, 0.3) is 0 Å². The Labute approximate surface area is 139 Å². The molecule has 6 heteroatoms. The molecule has 0 saturated carbocycles. The maximum absolute atomic E-state index is 12.0. The van der Waals surface area contributed by atoms with Crippen molar-refractivity contribution in [1.82, 2.24) is 10.3 Å². The number of aryl methyl sites for hydroxylation is 2. The van der Waals surface area contributed by atoms with Gasteiger partial charge in [0.25, 0.3) is 5.56 Å². The van der Waals surface area contributed by atoms with Crippen molar-refractivity contribution in [2.24, 2.45) is 0 Å². The highest BCUT2D eigenvalue weighted by Crippen LogP contribution is 2.16. The number of hydrogen-bond acceptors (Lipinski definition) is 4. The average molecular weight is 329 g/mol. The molecule has 0 spiro atoms. The molecule has 0 atom stereocenters. The van der Waals surface area contributed by atoms with Crippen molar-refractivity contribution in [3.8, 4) is 6.07 Å². The quantitative estimate of drug-likeness (QED) is 0.883. The Balaban J connectivity index is 1.99. The summed E-state index contributed by atoms with van der Waals surface area (Å²) in [5.74, 6) is -0.0421. The number of nitrogens with zero attached hydrogens (tertiary/aromatic N) is 1. The summed E-state index contributed by atoms with van der Waals surface area (Å²) >= 11 is 1.67. The number of thiophene rings is 1. The minimum absolute atomic E-state index is 0.0421. The van der Waals surface area contributed by atoms with Crippen LogP contribution in [0.3, 0.4) is 0 Å². The maximum atomic E-state index is 12.0. The van der Waals surface area contributed by atoms with Crippen LogP contribution in [-0.4, -0.2) is 10.9 Å². The van der Waals surface area contributed by atoms with Crippen LogP contribution in [0.4, 0.5) is 0 Å². The summed E-state index contributed by atoms with van der Waals surface area (Å²) in [6, 6.07) is 5.96. The number of nitrogens with one attached hydrogen (secondary N) is 2. The minimum Gasteiger partial charge on any atom is -0.351 e. The van der Waals surface area contributed by atoms with Gasteiger partial charge in [0.2, 0.25) is 5.91 Å². The van der Waals surface area contributed by atoms with Gasteiger partial charge in [-0.1, -0.05) is 0 Å². The number of carbonyl (C=O) groups excluding carboxylic acids is 1. The molecule has 0 unspecified atom stereocenters. The van der Waals surface area contributed by atoms with Crippen LogP contribution in [0.1, 0.15) is 38.6 Å². The van der Waals surface area contributed by atoms with Crippen LogP contribution in [0, 0.1) is 32.1 Å². The monoisotopic (exact) mass is 329 g/mol. The molecule has 0 aromatic carbocycles. The fraction of sp³-hybridized carbons (Fsp3) is 0.353. The molecule has 0 bridgehead atoms. The molecule has 0 fully saturated rings. The van der Waals surface area contributed by atoms with Crippen molar-refractivity contribution in [3.05, 3.63) is 54.6 Å². The fourth-order valence-electron chi connectivity index (χ4n) is 2.51. The van der Waals surface area contributed by atoms with Gasteiger partial charge < -0.3 is 10.3 Å². The molecular formula is C17H19N3O2S. The first-order valence-corrected chi connectivity index (χ1v) is 8.18. The first-order chi connectivity index (χ1) is 10.9. The van der Waals surface area contributed by atoms with Gasteiger partial charge in [-0.3, -0.25) is 9.59 Å². The summed E-state index contributed by atoms with van der Waals surface area (Å²) in [5, 5.41) is 12.0. The molecule has 5 nitrogen and oxygen atoms in total. The minimum atomic E-state index is -0.372. The van der Waals surface area contributed by atoms with Crippen molar-refractivity contribution in [2.45, 2.75) is 40.2 Å². The predicted molar refractivity (Wildman–Crippen MR) is 90.5 cm³/mol. The van der Waals surface area contributed by atoms with Crippen molar-refractivity contribution >= 4 is 17.2 Å². The number of aromatic nitrogens is 1. The van der Waals surface area contributed by atoms with Gasteiger partial charge in [0.05, 0.1) is 6.54 Å². The molecule has 2 heterocycles. The Kier molecular flexibility index (Phi) is 5.35. The number of amides is 1. The number of carbonyl (C=O) groups is 1. The third-order valence-corrected chi connectivity index (χ3v) is 4.78. The van der Waals surface area contributed by atoms with E-state index in [0.29, 0.717) is 30.6 Å². The third-order valence-electron chi connectivity index (χ3n) is 3.78. The van der Waals surface area contributed by atoms with Gasteiger partial charge >= 0.3 is 0 Å². The van der Waals surface area contributed by atoms with Gasteiger partial charge in [-0.15, -0.1) is 11.3 Å². The van der Waals surface area contributed by atoms with Gasteiger partial charge in [0.15, 0.2) is 0 Å². The normalized spacial score (nSPS) is 10.3. The third kappa shape index (κ3) is 4.08. The Morgan fingerprint density at radius 2 is 2.09 bits per heavy atom. The molecule has 0 radical (unpaired) electrons. The molecule has 0 saturated heterocycles. The van der Waals surface area contributed by atoms with E-state index in [1.54, 1.807) is 25.2 Å². The van der Waals surface area contributed by atoms with Gasteiger partial charge in [-0.2, -0.15) is 5.26 Å². The Hall–Kier alpha value is -2.39. The molecule has 23 heavy (non-hydrogen) atoms. The van der Waals surface area contributed by atoms with Crippen molar-refractivity contribution in [2.75, 3.05) is 0 Å². The summed E-state index contributed by atoms with van der Waals surface area (Å²) in [6.07, 6.45) is 0.821. The summed E-state index contributed by atoms with van der Waals surface area (Å²) in [4.78, 5) is 28.7. The number of aromatic amines is 1. The van der Waals surface area contributed by atoms with Gasteiger partial charge in [0, 0.05) is 21.9 Å². The first kappa shape index (κ1) is 17.0. The van der Waals surface area contributed by atoms with Crippen LogP contribution in [-0.2, 0) is 17.8 Å². The van der Waals surface area contributed by atoms with E-state index in [2.05, 4.69) is 10.3 Å². The highest BCUT2D eigenvalue weighted by Gasteiger charge is 2.13. The molecule has 120 valence electrons. The molecule has 2 aromatic rings. The average Bonchev–Trinajstić information content (AvgIpc) is 2.90. The van der Waals surface area contributed by atoms with Gasteiger partial charge in [0.1, 0.15) is 11.6 Å². The standard InChI is InChI=1S/C17H19N3O2S/c1-10-4-5-13(23-10)9-19-16(21)7-6-14-11(2)15(8-18)17(22)20-12(14)3/h4-5H,6-7,9H2,1-3H3,(H,19,21)(H,20,22). The van der Waals surface area contributed by atoms with E-state index in [1.165, 1.54) is 4.88 Å². The van der Waals surface area contributed by atoms with E-state index in [0.717, 1.165) is 10.4 Å². The molecule has 2 aromatic heterocycles. The lowest BCUT2D eigenvalue weighted by molar-refractivity contribution is -0.121. The number of nitriles is 1. The van der Waals surface area contributed by atoms with Crippen molar-refractivity contribution in [3.63, 3.8) is 0 Å². The van der Waals surface area contributed by atoms with E-state index in [-0.39, 0.29) is 17.0 Å². The second-order valence-electron chi connectivity index (χ2n) is 5.46. The molecular weight excluding hydrogens is 310 g/mol. The fourth-order valence-corrected chi connectivity index (χ4v) is 3.34. The van der Waals surface area contributed by atoms with Crippen LogP contribution < -0.4 is 10.9 Å². The maximum Gasteiger partial charge on any atom is 0.266 e. The van der Waals surface area contributed by atoms with Crippen LogP contribution in [0.2, 0.25) is 0 Å². The van der Waals surface area contributed by atoms with Gasteiger partial charge in [-0.25, -0.2) is 0 Å². The van der Waals surface area contributed by atoms with Crippen LogP contribution >= 0.6 is 11.3 Å². The number of hydrogen-bond donors (Lipinski definition) is 2. The molecule has 2 N–H and O–H groups in total. The highest BCUT2D eigenvalue weighted by molar-refractivity contribution is 7.11. The first-order valence-electron chi connectivity index (χ1n) is 7.37. The Bertz CT molecular complexity index is 827. The number of rotatable bonds is 5. The van der Waals surface area contributed by atoms with Crippen molar-refractivity contribution in [1.29, 1.82) is 5.26 Å². The lowest BCUT2D eigenvalue weighted by Gasteiger charge is -2.10. The number of pyridine rings is 1. The van der Waals surface area contributed by atoms with Crippen LogP contribution in [0.15, 0.2) is 16.9 Å². The summed E-state index contributed by atoms with van der Waals surface area (Å²) < 4.78 is 0. The van der Waals surface area contributed by atoms with Gasteiger partial charge in [-0.05, 0) is 50.5 Å². The lowest BCUT2D eigenvalue weighted by atomic mass is 9.99. The zero-order valence-corrected chi connectivity index (χ0v) is 14.3. The zero-order chi connectivity index (χ0) is 17.0. The Morgan fingerprint density at radius 1 is 1.35 bits per heavy atom. The second-order valence-corrected chi connectivity index (χ2v) is 6.83. The topological polar surface area (TPSA) is 85.8 Å². The summed E-state index contributed by atoms with van der Waals surface area (Å²) in [7, 11) is 0. The number of H-pyrrole nitrogens is 1. The van der Waals surface area contributed by atoms with E-state index in [4.69, 9.17) is 5.26 Å². The highest BCUT2D eigenvalue weighted by atomic mass is 32.1. The molecule has 0 aliphatic heterocycles. The molecule has 1 amide bonds. The second kappa shape index (κ2) is 7.25. The van der Waals surface area contributed by atoms with E-state index in [1.807, 2.05) is 25.1 Å². The Morgan fingerprint density at radius 3 is 2.70 bits per heavy atom. The largest absolute Gasteiger partial charge is 0.351 e. The van der Waals surface area contributed by atoms with E-state index >= 15 is 0 Å². The molecule has 0 aliphatic rings. The summed E-state index contributed by atoms with van der Waals surface area (Å²) in [6.45, 7) is 6.11. The lowest BCUT2D eigenvalue weighted by Crippen LogP contribution is -2.23. The van der Waals surface area contributed by atoms with E-state index < -0.39 is 0 Å². The molecule has 0 aliphatic carbocycles. The predicted octanol–water partition coefficient (Wildman–Crippen LogP) is 2.48. The smallest absolute Gasteiger partial charge is 0.266 e. The molecule has 2 rings (SSSR count). The zero-order valence-electron chi connectivity index (χ0n) is 13.4.